The molecule has 0 bridgehead atoms. The molecule has 1 unspecified atom stereocenters. The van der Waals surface area contributed by atoms with Gasteiger partial charge in [-0.2, -0.15) is 0 Å². The lowest BCUT2D eigenvalue weighted by Gasteiger charge is -2.12. The van der Waals surface area contributed by atoms with Crippen LogP contribution in [0.1, 0.15) is 34.3 Å². The van der Waals surface area contributed by atoms with Crippen LogP contribution in [0.4, 0.5) is 11.4 Å². The molecular weight excluding hydrogens is 354 g/mol. The number of anilines is 2. The van der Waals surface area contributed by atoms with E-state index in [1.165, 1.54) is 0 Å². The molecule has 0 spiro atoms. The molecule has 1 saturated heterocycles. The second-order valence-corrected chi connectivity index (χ2v) is 7.15. The lowest BCUT2D eigenvalue weighted by molar-refractivity contribution is -0.114. The first-order valence-corrected chi connectivity index (χ1v) is 9.62. The number of carbonyl (C=O) groups excluding carboxylic acids is 2. The van der Waals surface area contributed by atoms with Crippen molar-refractivity contribution in [1.82, 2.24) is 5.32 Å². The molecule has 148 valence electrons. The predicted molar refractivity (Wildman–Crippen MR) is 111 cm³/mol. The quantitative estimate of drug-likeness (QED) is 0.688. The molecule has 2 aromatic rings. The molecular formula is C22H27N3O3. The van der Waals surface area contributed by atoms with E-state index in [1.54, 1.807) is 24.3 Å². The zero-order chi connectivity index (χ0) is 19.9. The number of amides is 2. The fourth-order valence-corrected chi connectivity index (χ4v) is 3.16. The van der Waals surface area contributed by atoms with Crippen molar-refractivity contribution in [3.8, 4) is 0 Å². The van der Waals surface area contributed by atoms with Crippen LogP contribution in [-0.4, -0.2) is 37.6 Å². The van der Waals surface area contributed by atoms with Gasteiger partial charge in [0.05, 0.1) is 12.6 Å². The molecule has 1 aliphatic heterocycles. The van der Waals surface area contributed by atoms with Gasteiger partial charge in [-0.1, -0.05) is 18.2 Å². The van der Waals surface area contributed by atoms with Crippen molar-refractivity contribution < 1.29 is 14.3 Å². The number of hydrogen-bond donors (Lipinski definition) is 3. The Labute approximate surface area is 165 Å². The average Bonchev–Trinajstić information content (AvgIpc) is 3.20. The number of benzene rings is 2. The summed E-state index contributed by atoms with van der Waals surface area (Å²) < 4.78 is 5.52. The summed E-state index contributed by atoms with van der Waals surface area (Å²) in [5.74, 6) is -0.335. The van der Waals surface area contributed by atoms with Crippen molar-refractivity contribution in [2.45, 2.75) is 32.8 Å². The zero-order valence-electron chi connectivity index (χ0n) is 16.4. The molecule has 1 fully saturated rings. The lowest BCUT2D eigenvalue weighted by Crippen LogP contribution is -2.31. The molecule has 3 N–H and O–H groups in total. The van der Waals surface area contributed by atoms with Crippen LogP contribution in [0.5, 0.6) is 0 Å². The summed E-state index contributed by atoms with van der Waals surface area (Å²) >= 11 is 0. The Bertz CT molecular complexity index is 845. The van der Waals surface area contributed by atoms with E-state index in [2.05, 4.69) is 16.0 Å². The van der Waals surface area contributed by atoms with E-state index in [0.29, 0.717) is 17.8 Å². The van der Waals surface area contributed by atoms with Crippen LogP contribution in [0.3, 0.4) is 0 Å². The average molecular weight is 381 g/mol. The second kappa shape index (κ2) is 9.37. The highest BCUT2D eigenvalue weighted by molar-refractivity contribution is 5.98. The topological polar surface area (TPSA) is 79.5 Å². The third-order valence-electron chi connectivity index (χ3n) is 4.76. The van der Waals surface area contributed by atoms with E-state index in [0.717, 1.165) is 36.3 Å². The predicted octanol–water partition coefficient (Wildman–Crippen LogP) is 3.26. The molecule has 0 aromatic heterocycles. The Morgan fingerprint density at radius 1 is 1.14 bits per heavy atom. The molecule has 0 radical (unpaired) electrons. The van der Waals surface area contributed by atoms with Crippen molar-refractivity contribution in [1.29, 1.82) is 0 Å². The lowest BCUT2D eigenvalue weighted by atomic mass is 10.1. The summed E-state index contributed by atoms with van der Waals surface area (Å²) in [4.78, 5) is 24.6. The number of aryl methyl sites for hydroxylation is 2. The standard InChI is InChI=1S/C22H27N3O3/c1-15-8-9-16(2)20(11-15)23-14-21(26)25-18-6-3-5-17(12-18)22(27)24-13-19-7-4-10-28-19/h3,5-6,8-9,11-12,19,23H,4,7,10,13-14H2,1-2H3,(H,24,27)(H,25,26). The monoisotopic (exact) mass is 381 g/mol. The van der Waals surface area contributed by atoms with Gasteiger partial charge in [0.2, 0.25) is 5.91 Å². The number of rotatable bonds is 7. The summed E-state index contributed by atoms with van der Waals surface area (Å²) in [5, 5.41) is 8.88. The van der Waals surface area contributed by atoms with Crippen LogP contribution in [0.15, 0.2) is 42.5 Å². The van der Waals surface area contributed by atoms with Crippen LogP contribution in [0.25, 0.3) is 0 Å². The Balaban J connectivity index is 1.52. The molecule has 6 heteroatoms. The third kappa shape index (κ3) is 5.57. The Morgan fingerprint density at radius 2 is 2.00 bits per heavy atom. The van der Waals surface area contributed by atoms with Crippen molar-refractivity contribution in [3.63, 3.8) is 0 Å². The van der Waals surface area contributed by atoms with E-state index in [1.807, 2.05) is 32.0 Å². The van der Waals surface area contributed by atoms with Gasteiger partial charge in [-0.3, -0.25) is 9.59 Å². The summed E-state index contributed by atoms with van der Waals surface area (Å²) in [5.41, 5.74) is 4.27. The van der Waals surface area contributed by atoms with Gasteiger partial charge in [-0.25, -0.2) is 0 Å². The number of carbonyl (C=O) groups is 2. The SMILES string of the molecule is Cc1ccc(C)c(NCC(=O)Nc2cccc(C(=O)NCC3CCCO3)c2)c1. The Hall–Kier alpha value is -2.86. The summed E-state index contributed by atoms with van der Waals surface area (Å²) in [6.45, 7) is 5.44. The van der Waals surface area contributed by atoms with Gasteiger partial charge >= 0.3 is 0 Å². The fraction of sp³-hybridized carbons (Fsp3) is 0.364. The van der Waals surface area contributed by atoms with Gasteiger partial charge in [0.1, 0.15) is 0 Å². The number of hydrogen-bond acceptors (Lipinski definition) is 4. The van der Waals surface area contributed by atoms with E-state index in [4.69, 9.17) is 4.74 Å². The molecule has 1 aliphatic rings. The minimum Gasteiger partial charge on any atom is -0.376 e. The molecule has 1 heterocycles. The first kappa shape index (κ1) is 19.9. The summed E-state index contributed by atoms with van der Waals surface area (Å²) in [7, 11) is 0. The van der Waals surface area contributed by atoms with Crippen LogP contribution in [0, 0.1) is 13.8 Å². The molecule has 3 rings (SSSR count). The number of nitrogens with one attached hydrogen (secondary N) is 3. The van der Waals surface area contributed by atoms with E-state index in [9.17, 15) is 9.59 Å². The van der Waals surface area contributed by atoms with Crippen molar-refractivity contribution >= 4 is 23.2 Å². The normalized spacial score (nSPS) is 15.9. The molecule has 1 atom stereocenters. The highest BCUT2D eigenvalue weighted by Crippen LogP contribution is 2.16. The third-order valence-corrected chi connectivity index (χ3v) is 4.76. The second-order valence-electron chi connectivity index (χ2n) is 7.15. The van der Waals surface area contributed by atoms with Crippen LogP contribution in [-0.2, 0) is 9.53 Å². The summed E-state index contributed by atoms with van der Waals surface area (Å²) in [6.07, 6.45) is 2.12. The first-order valence-electron chi connectivity index (χ1n) is 9.62. The first-order chi connectivity index (χ1) is 13.5. The van der Waals surface area contributed by atoms with Gasteiger partial charge in [0.15, 0.2) is 0 Å². The smallest absolute Gasteiger partial charge is 0.251 e. The Kier molecular flexibility index (Phi) is 6.66. The maximum absolute atomic E-state index is 12.3. The van der Waals surface area contributed by atoms with Crippen LogP contribution >= 0.6 is 0 Å². The van der Waals surface area contributed by atoms with E-state index < -0.39 is 0 Å². The molecule has 0 saturated carbocycles. The van der Waals surface area contributed by atoms with Crippen molar-refractivity contribution in [3.05, 3.63) is 59.2 Å². The van der Waals surface area contributed by atoms with E-state index >= 15 is 0 Å². The van der Waals surface area contributed by atoms with Crippen molar-refractivity contribution in [2.24, 2.45) is 0 Å². The van der Waals surface area contributed by atoms with Crippen LogP contribution < -0.4 is 16.0 Å². The minimum atomic E-state index is -0.169. The summed E-state index contributed by atoms with van der Waals surface area (Å²) in [6, 6.07) is 13.0. The maximum Gasteiger partial charge on any atom is 0.251 e. The van der Waals surface area contributed by atoms with Gasteiger partial charge in [0, 0.05) is 30.1 Å². The molecule has 0 aliphatic carbocycles. The van der Waals surface area contributed by atoms with Gasteiger partial charge in [-0.05, 0) is 62.1 Å². The molecule has 2 amide bonds. The number of ether oxygens (including phenoxy) is 1. The van der Waals surface area contributed by atoms with Gasteiger partial charge in [0.25, 0.3) is 5.91 Å². The van der Waals surface area contributed by atoms with Crippen molar-refractivity contribution in [2.75, 3.05) is 30.3 Å². The molecule has 6 nitrogen and oxygen atoms in total. The fourth-order valence-electron chi connectivity index (χ4n) is 3.16. The minimum absolute atomic E-state index is 0.1000. The van der Waals surface area contributed by atoms with Gasteiger partial charge in [-0.15, -0.1) is 0 Å². The highest BCUT2D eigenvalue weighted by atomic mass is 16.5. The highest BCUT2D eigenvalue weighted by Gasteiger charge is 2.17. The Morgan fingerprint density at radius 3 is 2.79 bits per heavy atom. The molecule has 28 heavy (non-hydrogen) atoms. The van der Waals surface area contributed by atoms with E-state index in [-0.39, 0.29) is 24.5 Å². The van der Waals surface area contributed by atoms with Crippen LogP contribution in [0.2, 0.25) is 0 Å². The maximum atomic E-state index is 12.3. The largest absolute Gasteiger partial charge is 0.376 e. The van der Waals surface area contributed by atoms with Gasteiger partial charge < -0.3 is 20.7 Å². The zero-order valence-corrected chi connectivity index (χ0v) is 16.4. The molecule has 2 aromatic carbocycles.